The van der Waals surface area contributed by atoms with E-state index in [1.807, 2.05) is 23.5 Å². The maximum absolute atomic E-state index is 9.16. The van der Waals surface area contributed by atoms with Crippen molar-refractivity contribution in [1.29, 1.82) is 5.26 Å². The Kier molecular flexibility index (Phi) is 4.72. The monoisotopic (exact) mass is 295 g/mol. The van der Waals surface area contributed by atoms with E-state index in [-0.39, 0.29) is 0 Å². The Labute approximate surface area is 131 Å². The number of benzene rings is 1. The molecule has 0 aliphatic heterocycles. The van der Waals surface area contributed by atoms with E-state index in [0.717, 1.165) is 17.9 Å². The third-order valence-electron chi connectivity index (χ3n) is 4.66. The highest BCUT2D eigenvalue weighted by Crippen LogP contribution is 2.39. The molecule has 0 bridgehead atoms. The summed E-state index contributed by atoms with van der Waals surface area (Å²) in [7, 11) is 0. The Bertz CT molecular complexity index is 603. The summed E-state index contributed by atoms with van der Waals surface area (Å²) < 4.78 is 0. The minimum absolute atomic E-state index is 0.567. The Morgan fingerprint density at radius 3 is 2.71 bits per heavy atom. The van der Waals surface area contributed by atoms with Gasteiger partial charge in [0.1, 0.15) is 0 Å². The molecule has 2 aromatic rings. The van der Waals surface area contributed by atoms with Gasteiger partial charge < -0.3 is 0 Å². The average molecular weight is 295 g/mol. The molecule has 1 saturated carbocycles. The maximum Gasteiger partial charge on any atom is 0.0991 e. The van der Waals surface area contributed by atoms with E-state index in [2.05, 4.69) is 35.7 Å². The van der Waals surface area contributed by atoms with Crippen molar-refractivity contribution in [3.05, 3.63) is 57.8 Å². The molecule has 1 unspecified atom stereocenters. The molecule has 0 amide bonds. The van der Waals surface area contributed by atoms with Crippen LogP contribution in [0.2, 0.25) is 0 Å². The number of nitrogens with zero attached hydrogens (tertiary/aromatic N) is 1. The van der Waals surface area contributed by atoms with Gasteiger partial charge in [0.2, 0.25) is 0 Å². The van der Waals surface area contributed by atoms with Crippen LogP contribution in [0.1, 0.15) is 54.0 Å². The van der Waals surface area contributed by atoms with Crippen LogP contribution in [-0.4, -0.2) is 0 Å². The van der Waals surface area contributed by atoms with Crippen molar-refractivity contribution >= 4 is 11.3 Å². The molecule has 1 aromatic heterocycles. The smallest absolute Gasteiger partial charge is 0.0991 e. The molecule has 108 valence electrons. The SMILES string of the molecule is N#Cc1cccc(C(Cc2cccs2)C2CCCCC2)c1. The zero-order valence-electron chi connectivity index (χ0n) is 12.3. The third kappa shape index (κ3) is 3.54. The fourth-order valence-electron chi connectivity index (χ4n) is 3.58. The summed E-state index contributed by atoms with van der Waals surface area (Å²) in [4.78, 5) is 1.47. The van der Waals surface area contributed by atoms with Gasteiger partial charge in [-0.05, 0) is 60.2 Å². The summed E-state index contributed by atoms with van der Waals surface area (Å²) >= 11 is 1.85. The molecule has 0 radical (unpaired) electrons. The van der Waals surface area contributed by atoms with E-state index in [0.29, 0.717) is 5.92 Å². The summed E-state index contributed by atoms with van der Waals surface area (Å²) in [6, 6.07) is 14.9. The predicted molar refractivity (Wildman–Crippen MR) is 88.5 cm³/mol. The minimum atomic E-state index is 0.567. The number of rotatable bonds is 4. The lowest BCUT2D eigenvalue weighted by Crippen LogP contribution is -2.18. The second-order valence-electron chi connectivity index (χ2n) is 6.03. The zero-order valence-corrected chi connectivity index (χ0v) is 13.1. The molecule has 0 N–H and O–H groups in total. The van der Waals surface area contributed by atoms with Crippen molar-refractivity contribution in [2.45, 2.75) is 44.4 Å². The average Bonchev–Trinajstić information content (AvgIpc) is 3.07. The van der Waals surface area contributed by atoms with E-state index in [1.54, 1.807) is 0 Å². The highest BCUT2D eigenvalue weighted by Gasteiger charge is 2.25. The van der Waals surface area contributed by atoms with Crippen molar-refractivity contribution in [2.75, 3.05) is 0 Å². The molecule has 1 nitrogen and oxygen atoms in total. The zero-order chi connectivity index (χ0) is 14.5. The van der Waals surface area contributed by atoms with Gasteiger partial charge in [0.25, 0.3) is 0 Å². The molecule has 1 aromatic carbocycles. The molecule has 2 heteroatoms. The van der Waals surface area contributed by atoms with Crippen molar-refractivity contribution in [3.8, 4) is 6.07 Å². The van der Waals surface area contributed by atoms with Gasteiger partial charge in [-0.15, -0.1) is 11.3 Å². The topological polar surface area (TPSA) is 23.8 Å². The van der Waals surface area contributed by atoms with Crippen LogP contribution in [0.5, 0.6) is 0 Å². The van der Waals surface area contributed by atoms with Gasteiger partial charge in [-0.1, -0.05) is 37.5 Å². The maximum atomic E-state index is 9.16. The second kappa shape index (κ2) is 6.91. The Balaban J connectivity index is 1.88. The predicted octanol–water partition coefficient (Wildman–Crippen LogP) is 5.53. The van der Waals surface area contributed by atoms with Crippen LogP contribution in [-0.2, 0) is 6.42 Å². The van der Waals surface area contributed by atoms with Gasteiger partial charge in [0.15, 0.2) is 0 Å². The molecule has 1 atom stereocenters. The van der Waals surface area contributed by atoms with E-state index in [4.69, 9.17) is 5.26 Å². The third-order valence-corrected chi connectivity index (χ3v) is 5.56. The van der Waals surface area contributed by atoms with E-state index < -0.39 is 0 Å². The molecule has 1 fully saturated rings. The van der Waals surface area contributed by atoms with Crippen LogP contribution >= 0.6 is 11.3 Å². The molecule has 0 saturated heterocycles. The first-order chi connectivity index (χ1) is 10.4. The summed E-state index contributed by atoms with van der Waals surface area (Å²) in [5.41, 5.74) is 2.15. The first kappa shape index (κ1) is 14.4. The number of hydrogen-bond donors (Lipinski definition) is 0. The van der Waals surface area contributed by atoms with Crippen LogP contribution in [0.4, 0.5) is 0 Å². The molecule has 1 heterocycles. The lowest BCUT2D eigenvalue weighted by atomic mass is 9.75. The second-order valence-corrected chi connectivity index (χ2v) is 7.06. The van der Waals surface area contributed by atoms with Crippen LogP contribution < -0.4 is 0 Å². The summed E-state index contributed by atoms with van der Waals surface area (Å²) in [6.07, 6.45) is 7.92. The van der Waals surface area contributed by atoms with Gasteiger partial charge >= 0.3 is 0 Å². The van der Waals surface area contributed by atoms with Gasteiger partial charge in [0.05, 0.1) is 11.6 Å². The summed E-state index contributed by atoms with van der Waals surface area (Å²) in [5.74, 6) is 1.34. The summed E-state index contributed by atoms with van der Waals surface area (Å²) in [6.45, 7) is 0. The van der Waals surface area contributed by atoms with Gasteiger partial charge in [-0.3, -0.25) is 0 Å². The first-order valence-electron chi connectivity index (χ1n) is 7.89. The lowest BCUT2D eigenvalue weighted by molar-refractivity contribution is 0.303. The van der Waals surface area contributed by atoms with Crippen molar-refractivity contribution in [1.82, 2.24) is 0 Å². The Hall–Kier alpha value is -1.59. The van der Waals surface area contributed by atoms with E-state index in [9.17, 15) is 0 Å². The highest BCUT2D eigenvalue weighted by atomic mass is 32.1. The highest BCUT2D eigenvalue weighted by molar-refractivity contribution is 7.09. The Morgan fingerprint density at radius 1 is 1.14 bits per heavy atom. The number of nitriles is 1. The van der Waals surface area contributed by atoms with Crippen LogP contribution in [0.3, 0.4) is 0 Å². The normalized spacial score (nSPS) is 17.3. The molecule has 1 aliphatic carbocycles. The fourth-order valence-corrected chi connectivity index (χ4v) is 4.34. The first-order valence-corrected chi connectivity index (χ1v) is 8.77. The molecular formula is C19H21NS. The largest absolute Gasteiger partial charge is 0.192 e. The van der Waals surface area contributed by atoms with Crippen molar-refractivity contribution < 1.29 is 0 Å². The lowest BCUT2D eigenvalue weighted by Gasteiger charge is -2.30. The molecule has 1 aliphatic rings. The van der Waals surface area contributed by atoms with Crippen LogP contribution in [0.15, 0.2) is 41.8 Å². The van der Waals surface area contributed by atoms with Gasteiger partial charge in [0, 0.05) is 4.88 Å². The fraction of sp³-hybridized carbons (Fsp3) is 0.421. The molecule has 21 heavy (non-hydrogen) atoms. The quantitative estimate of drug-likeness (QED) is 0.728. The summed E-state index contributed by atoms with van der Waals surface area (Å²) in [5, 5.41) is 11.3. The number of thiophene rings is 1. The molecular weight excluding hydrogens is 274 g/mol. The standard InChI is InChI=1S/C19H21NS/c20-14-15-6-4-9-17(12-15)19(13-18-10-5-11-21-18)16-7-2-1-3-8-16/h4-6,9-12,16,19H,1-3,7-8,13H2. The van der Waals surface area contributed by atoms with Crippen LogP contribution in [0, 0.1) is 17.2 Å². The van der Waals surface area contributed by atoms with Crippen molar-refractivity contribution in [2.24, 2.45) is 5.92 Å². The van der Waals surface area contributed by atoms with Gasteiger partial charge in [-0.25, -0.2) is 0 Å². The van der Waals surface area contributed by atoms with Gasteiger partial charge in [-0.2, -0.15) is 5.26 Å². The van der Waals surface area contributed by atoms with Crippen LogP contribution in [0.25, 0.3) is 0 Å². The molecule has 0 spiro atoms. The van der Waals surface area contributed by atoms with E-state index in [1.165, 1.54) is 42.5 Å². The van der Waals surface area contributed by atoms with Crippen molar-refractivity contribution in [3.63, 3.8) is 0 Å². The molecule has 3 rings (SSSR count). The Morgan fingerprint density at radius 2 is 2.00 bits per heavy atom. The minimum Gasteiger partial charge on any atom is -0.192 e. The van der Waals surface area contributed by atoms with E-state index >= 15 is 0 Å². The number of hydrogen-bond acceptors (Lipinski definition) is 2.